The van der Waals surface area contributed by atoms with Crippen LogP contribution in [0.5, 0.6) is 0 Å². The molecule has 2 aliphatic rings. The Morgan fingerprint density at radius 2 is 2.04 bits per heavy atom. The maximum Gasteiger partial charge on any atom is 0.238 e. The lowest BCUT2D eigenvalue weighted by Gasteiger charge is -2.26. The SMILES string of the molecule is O=C(NCCc1coc(-c2ccccc2)n1)C1NNC2CCCCC21. The number of oxazole rings is 1. The maximum atomic E-state index is 12.5. The van der Waals surface area contributed by atoms with Gasteiger partial charge in [-0.2, -0.15) is 0 Å². The van der Waals surface area contributed by atoms with Gasteiger partial charge in [0, 0.05) is 30.5 Å². The van der Waals surface area contributed by atoms with Gasteiger partial charge in [-0.05, 0) is 25.0 Å². The van der Waals surface area contributed by atoms with Gasteiger partial charge in [0.2, 0.25) is 11.8 Å². The average molecular weight is 340 g/mol. The zero-order valence-electron chi connectivity index (χ0n) is 14.2. The summed E-state index contributed by atoms with van der Waals surface area (Å²) in [6.07, 6.45) is 7.07. The van der Waals surface area contributed by atoms with E-state index in [9.17, 15) is 4.79 Å². The van der Waals surface area contributed by atoms with Crippen LogP contribution in [0.1, 0.15) is 31.4 Å². The molecular formula is C19H24N4O2. The van der Waals surface area contributed by atoms with E-state index >= 15 is 0 Å². The molecular weight excluding hydrogens is 316 g/mol. The number of hydrogen-bond donors (Lipinski definition) is 3. The van der Waals surface area contributed by atoms with Gasteiger partial charge in [0.15, 0.2) is 0 Å². The Balaban J connectivity index is 1.28. The molecule has 132 valence electrons. The normalized spacial score (nSPS) is 25.5. The molecule has 2 aromatic rings. The minimum atomic E-state index is -0.123. The number of hydrazine groups is 1. The van der Waals surface area contributed by atoms with Crippen LogP contribution in [0.2, 0.25) is 0 Å². The molecule has 1 saturated carbocycles. The molecule has 4 rings (SSSR count). The Hall–Kier alpha value is -2.18. The van der Waals surface area contributed by atoms with Crippen molar-refractivity contribution in [3.63, 3.8) is 0 Å². The van der Waals surface area contributed by atoms with E-state index in [2.05, 4.69) is 21.2 Å². The first-order valence-corrected chi connectivity index (χ1v) is 9.10. The lowest BCUT2D eigenvalue weighted by Crippen LogP contribution is -2.46. The van der Waals surface area contributed by atoms with E-state index in [-0.39, 0.29) is 11.9 Å². The van der Waals surface area contributed by atoms with Crippen LogP contribution in [0, 0.1) is 5.92 Å². The van der Waals surface area contributed by atoms with Crippen molar-refractivity contribution in [2.45, 2.75) is 44.2 Å². The monoisotopic (exact) mass is 340 g/mol. The molecule has 0 radical (unpaired) electrons. The number of amides is 1. The topological polar surface area (TPSA) is 79.2 Å². The summed E-state index contributed by atoms with van der Waals surface area (Å²) in [5, 5.41) is 3.03. The first-order valence-electron chi connectivity index (χ1n) is 9.10. The van der Waals surface area contributed by atoms with E-state index in [1.165, 1.54) is 12.8 Å². The van der Waals surface area contributed by atoms with Crippen LogP contribution in [0.15, 0.2) is 41.0 Å². The van der Waals surface area contributed by atoms with Crippen LogP contribution >= 0.6 is 0 Å². The minimum Gasteiger partial charge on any atom is -0.444 e. The highest BCUT2D eigenvalue weighted by Gasteiger charge is 2.40. The van der Waals surface area contributed by atoms with Crippen LogP contribution in [0.3, 0.4) is 0 Å². The fourth-order valence-corrected chi connectivity index (χ4v) is 3.86. The number of rotatable bonds is 5. The molecule has 1 aromatic heterocycles. The molecule has 0 spiro atoms. The summed E-state index contributed by atoms with van der Waals surface area (Å²) < 4.78 is 5.53. The molecule has 25 heavy (non-hydrogen) atoms. The Morgan fingerprint density at radius 1 is 1.20 bits per heavy atom. The van der Waals surface area contributed by atoms with Gasteiger partial charge in [-0.15, -0.1) is 0 Å². The highest BCUT2D eigenvalue weighted by Crippen LogP contribution is 2.30. The quantitative estimate of drug-likeness (QED) is 0.776. The number of fused-ring (bicyclic) bond motifs is 1. The zero-order chi connectivity index (χ0) is 17.1. The number of nitrogens with zero attached hydrogens (tertiary/aromatic N) is 1. The van der Waals surface area contributed by atoms with Crippen LogP contribution < -0.4 is 16.2 Å². The lowest BCUT2D eigenvalue weighted by atomic mass is 9.81. The summed E-state index contributed by atoms with van der Waals surface area (Å²) in [4.78, 5) is 17.0. The number of nitrogens with one attached hydrogen (secondary N) is 3. The zero-order valence-corrected chi connectivity index (χ0v) is 14.2. The molecule has 1 aromatic carbocycles. The van der Waals surface area contributed by atoms with Crippen molar-refractivity contribution in [3.05, 3.63) is 42.3 Å². The van der Waals surface area contributed by atoms with E-state index < -0.39 is 0 Å². The van der Waals surface area contributed by atoms with Gasteiger partial charge in [-0.3, -0.25) is 10.2 Å². The Morgan fingerprint density at radius 3 is 2.92 bits per heavy atom. The average Bonchev–Trinajstić information content (AvgIpc) is 3.29. The molecule has 3 atom stereocenters. The van der Waals surface area contributed by atoms with Gasteiger partial charge in [-0.1, -0.05) is 31.0 Å². The number of hydrogen-bond acceptors (Lipinski definition) is 5. The summed E-state index contributed by atoms with van der Waals surface area (Å²) >= 11 is 0. The van der Waals surface area contributed by atoms with Crippen molar-refractivity contribution in [1.29, 1.82) is 0 Å². The van der Waals surface area contributed by atoms with E-state index in [1.807, 2.05) is 30.3 Å². The van der Waals surface area contributed by atoms with Crippen LogP contribution in [-0.4, -0.2) is 29.5 Å². The Labute approximate surface area is 147 Å². The predicted molar refractivity (Wildman–Crippen MR) is 94.5 cm³/mol. The molecule has 0 bridgehead atoms. The molecule has 3 unspecified atom stereocenters. The second kappa shape index (κ2) is 7.37. The molecule has 6 nitrogen and oxygen atoms in total. The molecule has 3 N–H and O–H groups in total. The van der Waals surface area contributed by atoms with E-state index in [0.717, 1.165) is 24.1 Å². The van der Waals surface area contributed by atoms with Crippen molar-refractivity contribution in [2.75, 3.05) is 6.54 Å². The van der Waals surface area contributed by atoms with Crippen molar-refractivity contribution in [2.24, 2.45) is 5.92 Å². The number of carbonyl (C=O) groups excluding carboxylic acids is 1. The third kappa shape index (κ3) is 3.60. The largest absolute Gasteiger partial charge is 0.444 e. The van der Waals surface area contributed by atoms with E-state index in [4.69, 9.17) is 4.42 Å². The summed E-state index contributed by atoms with van der Waals surface area (Å²) in [5.74, 6) is 1.10. The van der Waals surface area contributed by atoms with Crippen LogP contribution in [-0.2, 0) is 11.2 Å². The molecule has 2 heterocycles. The molecule has 1 amide bonds. The summed E-state index contributed by atoms with van der Waals surface area (Å²) in [7, 11) is 0. The first kappa shape index (κ1) is 16.3. The van der Waals surface area contributed by atoms with Gasteiger partial charge in [0.25, 0.3) is 0 Å². The van der Waals surface area contributed by atoms with Gasteiger partial charge in [0.1, 0.15) is 12.3 Å². The lowest BCUT2D eigenvalue weighted by molar-refractivity contribution is -0.123. The third-order valence-corrected chi connectivity index (χ3v) is 5.21. The molecule has 1 saturated heterocycles. The van der Waals surface area contributed by atoms with Crippen LogP contribution in [0.4, 0.5) is 0 Å². The van der Waals surface area contributed by atoms with Gasteiger partial charge >= 0.3 is 0 Å². The highest BCUT2D eigenvalue weighted by molar-refractivity contribution is 5.82. The highest BCUT2D eigenvalue weighted by atomic mass is 16.3. The Bertz CT molecular complexity index is 715. The smallest absolute Gasteiger partial charge is 0.238 e. The number of benzene rings is 1. The number of aromatic nitrogens is 1. The molecule has 2 fully saturated rings. The maximum absolute atomic E-state index is 12.5. The van der Waals surface area contributed by atoms with E-state index in [1.54, 1.807) is 6.26 Å². The number of carbonyl (C=O) groups is 1. The summed E-state index contributed by atoms with van der Waals surface area (Å²) in [6, 6.07) is 10.1. The van der Waals surface area contributed by atoms with Crippen LogP contribution in [0.25, 0.3) is 11.5 Å². The van der Waals surface area contributed by atoms with Crippen molar-refractivity contribution < 1.29 is 9.21 Å². The van der Waals surface area contributed by atoms with E-state index in [0.29, 0.717) is 30.8 Å². The molecule has 6 heteroatoms. The first-order chi connectivity index (χ1) is 12.3. The fourth-order valence-electron chi connectivity index (χ4n) is 3.86. The third-order valence-electron chi connectivity index (χ3n) is 5.21. The van der Waals surface area contributed by atoms with Crippen molar-refractivity contribution in [1.82, 2.24) is 21.2 Å². The predicted octanol–water partition coefficient (Wildman–Crippen LogP) is 2.04. The van der Waals surface area contributed by atoms with Crippen molar-refractivity contribution >= 4 is 5.91 Å². The van der Waals surface area contributed by atoms with Crippen molar-refractivity contribution in [3.8, 4) is 11.5 Å². The van der Waals surface area contributed by atoms with Gasteiger partial charge in [0.05, 0.1) is 5.69 Å². The standard InChI is InChI=1S/C19H24N4O2/c24-18(17-15-8-4-5-9-16(15)22-23-17)20-11-10-14-12-25-19(21-14)13-6-2-1-3-7-13/h1-3,6-7,12,15-17,22-23H,4-5,8-11H2,(H,20,24). The summed E-state index contributed by atoms with van der Waals surface area (Å²) in [6.45, 7) is 0.565. The fraction of sp³-hybridized carbons (Fsp3) is 0.474. The molecule has 1 aliphatic heterocycles. The second-order valence-corrected chi connectivity index (χ2v) is 6.87. The molecule has 1 aliphatic carbocycles. The summed E-state index contributed by atoms with van der Waals surface area (Å²) in [5.41, 5.74) is 8.27. The second-order valence-electron chi connectivity index (χ2n) is 6.87. The Kier molecular flexibility index (Phi) is 4.81. The van der Waals surface area contributed by atoms with Gasteiger partial charge in [-0.25, -0.2) is 10.4 Å². The van der Waals surface area contributed by atoms with Gasteiger partial charge < -0.3 is 9.73 Å². The minimum absolute atomic E-state index is 0.0775.